The van der Waals surface area contributed by atoms with E-state index in [9.17, 15) is 9.90 Å². The minimum atomic E-state index is -0.460. The summed E-state index contributed by atoms with van der Waals surface area (Å²) < 4.78 is 10.2. The van der Waals surface area contributed by atoms with Crippen LogP contribution in [0.25, 0.3) is 0 Å². The highest BCUT2D eigenvalue weighted by molar-refractivity contribution is 5.86. The number of ether oxygens (including phenoxy) is 1. The van der Waals surface area contributed by atoms with E-state index >= 15 is 0 Å². The van der Waals surface area contributed by atoms with Crippen LogP contribution in [0.15, 0.2) is 16.5 Å². The summed E-state index contributed by atoms with van der Waals surface area (Å²) in [6, 6.07) is 3.99. The number of furan rings is 1. The molecule has 1 aliphatic rings. The van der Waals surface area contributed by atoms with Crippen LogP contribution in [0.3, 0.4) is 0 Å². The maximum Gasteiger partial charge on any atom is 0.373 e. The second-order valence-corrected chi connectivity index (χ2v) is 5.27. The van der Waals surface area contributed by atoms with Crippen molar-refractivity contribution in [3.05, 3.63) is 23.7 Å². The molecule has 0 spiro atoms. The SMILES string of the molecule is COC(=O)c1ccc(C(C)N(CCO)C2CCCC2)o1. The van der Waals surface area contributed by atoms with Crippen molar-refractivity contribution in [2.75, 3.05) is 20.3 Å². The molecule has 1 N–H and O–H groups in total. The predicted octanol–water partition coefficient (Wildman–Crippen LogP) is 2.36. The van der Waals surface area contributed by atoms with Crippen molar-refractivity contribution in [2.45, 2.75) is 44.7 Å². The van der Waals surface area contributed by atoms with E-state index in [1.54, 1.807) is 6.07 Å². The van der Waals surface area contributed by atoms with Crippen LogP contribution in [-0.4, -0.2) is 42.3 Å². The number of hydrogen-bond acceptors (Lipinski definition) is 5. The molecule has 1 aliphatic carbocycles. The number of nitrogens with zero attached hydrogens (tertiary/aromatic N) is 1. The molecule has 2 rings (SSSR count). The quantitative estimate of drug-likeness (QED) is 0.811. The van der Waals surface area contributed by atoms with Crippen molar-refractivity contribution in [2.24, 2.45) is 0 Å². The summed E-state index contributed by atoms with van der Waals surface area (Å²) in [7, 11) is 1.34. The van der Waals surface area contributed by atoms with Crippen LogP contribution < -0.4 is 0 Å². The Hall–Kier alpha value is -1.33. The molecule has 1 unspecified atom stereocenters. The molecule has 0 amide bonds. The Balaban J connectivity index is 2.11. The van der Waals surface area contributed by atoms with E-state index < -0.39 is 5.97 Å². The average Bonchev–Trinajstić information content (AvgIpc) is 3.13. The van der Waals surface area contributed by atoms with Gasteiger partial charge in [-0.3, -0.25) is 4.90 Å². The van der Waals surface area contributed by atoms with Crippen LogP contribution in [0, 0.1) is 0 Å². The lowest BCUT2D eigenvalue weighted by Gasteiger charge is -2.32. The molecule has 1 saturated carbocycles. The molecule has 0 saturated heterocycles. The minimum absolute atomic E-state index is 0.0451. The zero-order chi connectivity index (χ0) is 14.5. The fraction of sp³-hybridized carbons (Fsp3) is 0.667. The smallest absolute Gasteiger partial charge is 0.373 e. The number of esters is 1. The number of rotatable bonds is 6. The Kier molecular flexibility index (Phi) is 5.20. The van der Waals surface area contributed by atoms with E-state index in [1.807, 2.05) is 13.0 Å². The Morgan fingerprint density at radius 1 is 1.50 bits per heavy atom. The summed E-state index contributed by atoms with van der Waals surface area (Å²) in [6.07, 6.45) is 4.81. The molecule has 0 radical (unpaired) electrons. The molecule has 5 heteroatoms. The molecule has 1 atom stereocenters. The Morgan fingerprint density at radius 3 is 2.80 bits per heavy atom. The average molecular weight is 281 g/mol. The molecule has 0 aliphatic heterocycles. The molecule has 20 heavy (non-hydrogen) atoms. The number of hydrogen-bond donors (Lipinski definition) is 1. The van der Waals surface area contributed by atoms with Gasteiger partial charge in [0.25, 0.3) is 0 Å². The molecule has 1 aromatic heterocycles. The molecule has 1 fully saturated rings. The lowest BCUT2D eigenvalue weighted by Crippen LogP contribution is -2.37. The highest BCUT2D eigenvalue weighted by Gasteiger charge is 2.28. The van der Waals surface area contributed by atoms with Gasteiger partial charge < -0.3 is 14.3 Å². The summed E-state index contributed by atoms with van der Waals surface area (Å²) >= 11 is 0. The number of aliphatic hydroxyl groups excluding tert-OH is 1. The highest BCUT2D eigenvalue weighted by Crippen LogP contribution is 2.31. The van der Waals surface area contributed by atoms with Crippen LogP contribution in [0.2, 0.25) is 0 Å². The summed E-state index contributed by atoms with van der Waals surface area (Å²) in [5.74, 6) is 0.508. The van der Waals surface area contributed by atoms with Crippen molar-refractivity contribution < 1.29 is 19.1 Å². The van der Waals surface area contributed by atoms with E-state index in [4.69, 9.17) is 4.42 Å². The van der Waals surface area contributed by atoms with Crippen LogP contribution in [-0.2, 0) is 4.74 Å². The van der Waals surface area contributed by atoms with Crippen LogP contribution in [0.5, 0.6) is 0 Å². The van der Waals surface area contributed by atoms with Crippen molar-refractivity contribution >= 4 is 5.97 Å². The fourth-order valence-electron chi connectivity index (χ4n) is 2.99. The summed E-state index contributed by atoms with van der Waals surface area (Å²) in [6.45, 7) is 2.80. The predicted molar refractivity (Wildman–Crippen MR) is 74.5 cm³/mol. The highest BCUT2D eigenvalue weighted by atomic mass is 16.5. The van der Waals surface area contributed by atoms with E-state index in [0.717, 1.165) is 18.6 Å². The lowest BCUT2D eigenvalue weighted by atomic mass is 10.1. The van der Waals surface area contributed by atoms with Crippen LogP contribution >= 0.6 is 0 Å². The Morgan fingerprint density at radius 2 is 2.20 bits per heavy atom. The Bertz CT molecular complexity index is 437. The molecule has 5 nitrogen and oxygen atoms in total. The van der Waals surface area contributed by atoms with Gasteiger partial charge in [0, 0.05) is 12.6 Å². The topological polar surface area (TPSA) is 62.9 Å². The maximum absolute atomic E-state index is 11.4. The van der Waals surface area contributed by atoms with Gasteiger partial charge in [-0.2, -0.15) is 0 Å². The van der Waals surface area contributed by atoms with E-state index in [0.29, 0.717) is 12.6 Å². The minimum Gasteiger partial charge on any atom is -0.463 e. The van der Waals surface area contributed by atoms with Gasteiger partial charge >= 0.3 is 5.97 Å². The number of aliphatic hydroxyl groups is 1. The van der Waals surface area contributed by atoms with Gasteiger partial charge in [0.05, 0.1) is 19.8 Å². The zero-order valence-electron chi connectivity index (χ0n) is 12.2. The van der Waals surface area contributed by atoms with Crippen LogP contribution in [0.1, 0.15) is 55.0 Å². The molecular formula is C15H23NO4. The lowest BCUT2D eigenvalue weighted by molar-refractivity contribution is 0.0552. The van der Waals surface area contributed by atoms with Crippen molar-refractivity contribution in [3.8, 4) is 0 Å². The van der Waals surface area contributed by atoms with Gasteiger partial charge in [-0.25, -0.2) is 4.79 Å². The Labute approximate surface area is 119 Å². The molecular weight excluding hydrogens is 258 g/mol. The number of carbonyl (C=O) groups excluding carboxylic acids is 1. The molecule has 1 heterocycles. The van der Waals surface area contributed by atoms with Gasteiger partial charge in [-0.1, -0.05) is 12.8 Å². The second kappa shape index (κ2) is 6.90. The summed E-state index contributed by atoms with van der Waals surface area (Å²) in [4.78, 5) is 13.7. The fourth-order valence-corrected chi connectivity index (χ4v) is 2.99. The van der Waals surface area contributed by atoms with Gasteiger partial charge in [0.1, 0.15) is 5.76 Å². The first kappa shape index (κ1) is 15.1. The first-order valence-electron chi connectivity index (χ1n) is 7.22. The van der Waals surface area contributed by atoms with E-state index in [-0.39, 0.29) is 18.4 Å². The normalized spacial score (nSPS) is 17.6. The first-order valence-corrected chi connectivity index (χ1v) is 7.22. The molecule has 112 valence electrons. The summed E-state index contributed by atoms with van der Waals surface area (Å²) in [5, 5.41) is 9.28. The van der Waals surface area contributed by atoms with Gasteiger partial charge in [-0.05, 0) is 31.9 Å². The van der Waals surface area contributed by atoms with Crippen molar-refractivity contribution in [1.29, 1.82) is 0 Å². The van der Waals surface area contributed by atoms with Crippen molar-refractivity contribution in [1.82, 2.24) is 4.90 Å². The molecule has 1 aromatic rings. The van der Waals surface area contributed by atoms with Crippen LogP contribution in [0.4, 0.5) is 0 Å². The third-order valence-electron chi connectivity index (χ3n) is 4.07. The maximum atomic E-state index is 11.4. The van der Waals surface area contributed by atoms with E-state index in [2.05, 4.69) is 9.64 Å². The second-order valence-electron chi connectivity index (χ2n) is 5.27. The zero-order valence-corrected chi connectivity index (χ0v) is 12.2. The molecule has 0 bridgehead atoms. The monoisotopic (exact) mass is 281 g/mol. The van der Waals surface area contributed by atoms with E-state index in [1.165, 1.54) is 20.0 Å². The standard InChI is InChI=1S/C15H23NO4/c1-11(13-7-8-14(20-13)15(18)19-2)16(9-10-17)12-5-3-4-6-12/h7-8,11-12,17H,3-6,9-10H2,1-2H3. The largest absolute Gasteiger partial charge is 0.463 e. The third kappa shape index (κ3) is 3.22. The van der Waals surface area contributed by atoms with Gasteiger partial charge in [0.2, 0.25) is 5.76 Å². The number of methoxy groups -OCH3 is 1. The van der Waals surface area contributed by atoms with Gasteiger partial charge in [0.15, 0.2) is 0 Å². The summed E-state index contributed by atoms with van der Waals surface area (Å²) in [5.41, 5.74) is 0. The van der Waals surface area contributed by atoms with Crippen molar-refractivity contribution in [3.63, 3.8) is 0 Å². The van der Waals surface area contributed by atoms with Gasteiger partial charge in [-0.15, -0.1) is 0 Å². The first-order chi connectivity index (χ1) is 9.67. The number of carbonyl (C=O) groups is 1. The third-order valence-corrected chi connectivity index (χ3v) is 4.07. The molecule has 0 aromatic carbocycles.